The number of para-hydroxylation sites is 1. The predicted molar refractivity (Wildman–Crippen MR) is 109 cm³/mol. The number of benzene rings is 2. The van der Waals surface area contributed by atoms with Gasteiger partial charge in [-0.25, -0.2) is 0 Å². The lowest BCUT2D eigenvalue weighted by Gasteiger charge is -2.34. The highest BCUT2D eigenvalue weighted by Gasteiger charge is 2.69. The van der Waals surface area contributed by atoms with Crippen LogP contribution in [0.5, 0.6) is 5.75 Å². The van der Waals surface area contributed by atoms with Crippen molar-refractivity contribution in [1.29, 1.82) is 0 Å². The number of rotatable bonds is 6. The van der Waals surface area contributed by atoms with Crippen LogP contribution in [0.3, 0.4) is 0 Å². The summed E-state index contributed by atoms with van der Waals surface area (Å²) in [4.78, 5) is 40.6. The van der Waals surface area contributed by atoms with Crippen LogP contribution in [0, 0.1) is 17.8 Å². The number of carboxylic acid groups (broad SMARTS) is 1. The van der Waals surface area contributed by atoms with Crippen LogP contribution < -0.4 is 10.4 Å². The van der Waals surface area contributed by atoms with Gasteiger partial charge in [-0.15, -0.1) is 0 Å². The van der Waals surface area contributed by atoms with Crippen molar-refractivity contribution in [3.8, 4) is 5.75 Å². The largest absolute Gasteiger partial charge is 0.544 e. The molecule has 162 valence electrons. The molecule has 2 aromatic carbocycles. The summed E-state index contributed by atoms with van der Waals surface area (Å²) >= 11 is 0. The summed E-state index contributed by atoms with van der Waals surface area (Å²) in [7, 11) is 0. The van der Waals surface area contributed by atoms with Gasteiger partial charge in [-0.05, 0) is 23.6 Å². The highest BCUT2D eigenvalue weighted by Crippen LogP contribution is 2.47. The van der Waals surface area contributed by atoms with Crippen molar-refractivity contribution in [3.05, 3.63) is 65.7 Å². The molecule has 2 aliphatic rings. The summed E-state index contributed by atoms with van der Waals surface area (Å²) in [5.41, 5.74) is -0.341. The van der Waals surface area contributed by atoms with Gasteiger partial charge in [0.05, 0.1) is 12.1 Å². The number of likely N-dealkylation sites (tertiary alicyclic amines) is 1. The number of carbonyl (C=O) groups excluding carboxylic acids is 3. The Bertz CT molecular complexity index is 1020. The zero-order valence-corrected chi connectivity index (χ0v) is 17.5. The van der Waals surface area contributed by atoms with E-state index in [9.17, 15) is 24.6 Å². The van der Waals surface area contributed by atoms with Gasteiger partial charge in [-0.1, -0.05) is 56.3 Å². The van der Waals surface area contributed by atoms with E-state index in [1.54, 1.807) is 23.5 Å². The normalized spacial score (nSPS) is 27.7. The van der Waals surface area contributed by atoms with Crippen molar-refractivity contribution < 1.29 is 29.9 Å². The van der Waals surface area contributed by atoms with Gasteiger partial charge in [0.25, 0.3) is 0 Å². The van der Waals surface area contributed by atoms with E-state index >= 15 is 0 Å². The van der Waals surface area contributed by atoms with E-state index in [0.717, 1.165) is 5.56 Å². The zero-order valence-electron chi connectivity index (χ0n) is 17.5. The van der Waals surface area contributed by atoms with Crippen molar-refractivity contribution in [2.24, 2.45) is 17.8 Å². The minimum absolute atomic E-state index is 0.0250. The van der Waals surface area contributed by atoms with E-state index in [-0.39, 0.29) is 24.6 Å². The van der Waals surface area contributed by atoms with Crippen LogP contribution in [0.15, 0.2) is 54.6 Å². The van der Waals surface area contributed by atoms with Crippen molar-refractivity contribution in [3.63, 3.8) is 0 Å². The average Bonchev–Trinajstić information content (AvgIpc) is 3.19. The minimum atomic E-state index is -1.58. The Morgan fingerprint density at radius 3 is 2.35 bits per heavy atom. The monoisotopic (exact) mass is 422 g/mol. The molecule has 0 aliphatic carbocycles. The summed E-state index contributed by atoms with van der Waals surface area (Å²) in [6, 6.07) is 15.0. The highest BCUT2D eigenvalue weighted by molar-refractivity contribution is 6.08. The molecule has 0 saturated carbocycles. The van der Waals surface area contributed by atoms with Gasteiger partial charge in [0, 0.05) is 6.42 Å². The van der Waals surface area contributed by atoms with Gasteiger partial charge < -0.3 is 20.3 Å². The third-order valence-corrected chi connectivity index (χ3v) is 6.47. The molecule has 2 heterocycles. The van der Waals surface area contributed by atoms with Crippen LogP contribution >= 0.6 is 0 Å². The van der Waals surface area contributed by atoms with Crippen LogP contribution in [-0.2, 0) is 20.9 Å². The van der Waals surface area contributed by atoms with Crippen LogP contribution in [0.4, 0.5) is 0 Å². The smallest absolute Gasteiger partial charge is 0.240 e. The first-order valence-electron chi connectivity index (χ1n) is 10.5. The van der Waals surface area contributed by atoms with Crippen LogP contribution in [0.2, 0.25) is 0 Å². The van der Waals surface area contributed by atoms with E-state index in [4.69, 9.17) is 0 Å². The van der Waals surface area contributed by atoms with E-state index in [1.165, 1.54) is 11.0 Å². The fourth-order valence-corrected chi connectivity index (χ4v) is 5.31. The number of aliphatic carboxylic acids is 1. The van der Waals surface area contributed by atoms with Crippen LogP contribution in [0.1, 0.15) is 37.4 Å². The first-order valence-corrected chi connectivity index (χ1v) is 10.5. The summed E-state index contributed by atoms with van der Waals surface area (Å²) < 4.78 is 0. The second-order valence-electron chi connectivity index (χ2n) is 8.93. The Kier molecular flexibility index (Phi) is 5.31. The maximum absolute atomic E-state index is 13.5. The number of quaternary nitrogens is 1. The fourth-order valence-electron chi connectivity index (χ4n) is 5.31. The van der Waals surface area contributed by atoms with E-state index in [0.29, 0.717) is 5.56 Å². The lowest BCUT2D eigenvalue weighted by molar-refractivity contribution is -0.740. The molecule has 2 saturated heterocycles. The molecule has 0 unspecified atom stereocenters. The number of carbonyl (C=O) groups is 3. The third-order valence-electron chi connectivity index (χ3n) is 6.47. The van der Waals surface area contributed by atoms with Gasteiger partial charge in [-0.2, -0.15) is 0 Å². The lowest BCUT2D eigenvalue weighted by atomic mass is 9.75. The standard InChI is InChI=1S/C24H26N2O5/c1-14(2)12-24(23(30)31)19-18(20(25-24)16-10-6-7-11-17(16)27)21(28)26(22(19)29)13-15-8-4-3-5-9-15/h3-11,14,18-20,25,27H,12-13H2,1-2H3,(H,30,31)/t18-,19+,20-,24+/m0/s1. The maximum Gasteiger partial charge on any atom is 0.240 e. The second-order valence-corrected chi connectivity index (χ2v) is 8.93. The van der Waals surface area contributed by atoms with E-state index in [2.05, 4.69) is 0 Å². The fraction of sp³-hybridized carbons (Fsp3) is 0.375. The molecule has 2 amide bonds. The third kappa shape index (κ3) is 3.39. The number of hydrogen-bond donors (Lipinski definition) is 2. The molecule has 7 heteroatoms. The molecule has 0 spiro atoms. The summed E-state index contributed by atoms with van der Waals surface area (Å²) in [6.45, 7) is 3.84. The molecule has 4 rings (SSSR count). The molecular formula is C24H26N2O5. The molecule has 31 heavy (non-hydrogen) atoms. The molecule has 4 atom stereocenters. The van der Waals surface area contributed by atoms with Crippen LogP contribution in [-0.4, -0.2) is 33.3 Å². The Labute approximate surface area is 180 Å². The Morgan fingerprint density at radius 1 is 1.10 bits per heavy atom. The van der Waals surface area contributed by atoms with Crippen molar-refractivity contribution in [2.75, 3.05) is 0 Å². The van der Waals surface area contributed by atoms with Crippen molar-refractivity contribution in [1.82, 2.24) is 4.90 Å². The van der Waals surface area contributed by atoms with Gasteiger partial charge in [0.2, 0.25) is 11.8 Å². The Morgan fingerprint density at radius 2 is 1.74 bits per heavy atom. The molecule has 3 N–H and O–H groups in total. The number of fused-ring (bicyclic) bond motifs is 1. The minimum Gasteiger partial charge on any atom is -0.544 e. The van der Waals surface area contributed by atoms with Gasteiger partial charge in [-0.3, -0.25) is 14.5 Å². The van der Waals surface area contributed by atoms with Gasteiger partial charge >= 0.3 is 0 Å². The van der Waals surface area contributed by atoms with Crippen molar-refractivity contribution >= 4 is 17.8 Å². The summed E-state index contributed by atoms with van der Waals surface area (Å²) in [5, 5.41) is 24.5. The molecule has 2 aliphatic heterocycles. The first-order chi connectivity index (χ1) is 14.8. The number of hydrogen-bond acceptors (Lipinski definition) is 5. The van der Waals surface area contributed by atoms with E-state index in [1.807, 2.05) is 44.2 Å². The Hall–Kier alpha value is -3.19. The van der Waals surface area contributed by atoms with Gasteiger partial charge in [0.1, 0.15) is 35.1 Å². The predicted octanol–water partition coefficient (Wildman–Crippen LogP) is 0.347. The molecule has 0 radical (unpaired) electrons. The molecule has 0 aromatic heterocycles. The second kappa shape index (κ2) is 7.81. The summed E-state index contributed by atoms with van der Waals surface area (Å²) in [5.74, 6) is -4.25. The SMILES string of the molecule is CC(C)C[C@@]1(C(=O)[O-])[NH2+][C@@H](c2ccccc2O)[C@H]2C(=O)N(Cc3ccccc3)C(=O)[C@@H]21. The number of aromatic hydroxyl groups is 1. The molecule has 2 aromatic rings. The number of nitrogens with zero attached hydrogens (tertiary/aromatic N) is 1. The topological polar surface area (TPSA) is 114 Å². The molecule has 2 fully saturated rings. The number of nitrogens with two attached hydrogens (primary N) is 1. The summed E-state index contributed by atoms with van der Waals surface area (Å²) in [6.07, 6.45) is 0.179. The highest BCUT2D eigenvalue weighted by atomic mass is 16.4. The number of phenols is 1. The number of phenolic OH excluding ortho intramolecular Hbond substituents is 1. The van der Waals surface area contributed by atoms with Gasteiger partial charge in [0.15, 0.2) is 0 Å². The first kappa shape index (κ1) is 21.1. The lowest BCUT2D eigenvalue weighted by Crippen LogP contribution is -2.99. The number of amides is 2. The zero-order chi connectivity index (χ0) is 22.3. The molecular weight excluding hydrogens is 396 g/mol. The quantitative estimate of drug-likeness (QED) is 0.652. The van der Waals surface area contributed by atoms with Crippen molar-refractivity contribution in [2.45, 2.75) is 38.4 Å². The maximum atomic E-state index is 13.5. The molecule has 0 bridgehead atoms. The number of carboxylic acids is 1. The van der Waals surface area contributed by atoms with E-state index < -0.39 is 41.2 Å². The average molecular weight is 422 g/mol. The molecule has 7 nitrogen and oxygen atoms in total. The Balaban J connectivity index is 1.81. The van der Waals surface area contributed by atoms with Crippen LogP contribution in [0.25, 0.3) is 0 Å². The number of imide groups is 1.